The van der Waals surface area contributed by atoms with Gasteiger partial charge < -0.3 is 4.74 Å². The Kier molecular flexibility index (Phi) is 4.20. The van der Waals surface area contributed by atoms with E-state index in [4.69, 9.17) is 4.74 Å². The normalized spacial score (nSPS) is 14.0. The number of carbonyl (C=O) groups excluding carboxylic acids is 2. The van der Waals surface area contributed by atoms with E-state index in [0.29, 0.717) is 23.9 Å². The second kappa shape index (κ2) is 6.31. The third kappa shape index (κ3) is 2.60. The largest absolute Gasteiger partial charge is 0.496 e. The monoisotopic (exact) mass is 318 g/mol. The van der Waals surface area contributed by atoms with Crippen LogP contribution in [0.5, 0.6) is 5.75 Å². The number of ether oxygens (including phenoxy) is 1. The Morgan fingerprint density at radius 2 is 1.92 bits per heavy atom. The summed E-state index contributed by atoms with van der Waals surface area (Å²) in [6, 6.07) is 8.30. The average Bonchev–Trinajstić information content (AvgIpc) is 2.63. The molecule has 0 radical (unpaired) electrons. The second-order valence-electron chi connectivity index (χ2n) is 5.97. The minimum atomic E-state index is 0.408. The first-order valence-corrected chi connectivity index (χ1v) is 7.77. The minimum Gasteiger partial charge on any atom is -0.496 e. The molecule has 0 amide bonds. The molecular weight excluding hydrogens is 300 g/mol. The fourth-order valence-electron chi connectivity index (χ4n) is 3.17. The topological polar surface area (TPSA) is 43.4 Å². The van der Waals surface area contributed by atoms with Crippen LogP contribution in [0.15, 0.2) is 47.6 Å². The fraction of sp³-hybridized carbons (Fsp3) is 0.190. The zero-order valence-electron chi connectivity index (χ0n) is 14.0. The molecule has 3 heteroatoms. The van der Waals surface area contributed by atoms with Crippen molar-refractivity contribution in [3.63, 3.8) is 0 Å². The van der Waals surface area contributed by atoms with Crippen molar-refractivity contribution in [1.82, 2.24) is 0 Å². The van der Waals surface area contributed by atoms with E-state index in [1.807, 2.05) is 31.1 Å². The molecule has 1 aliphatic rings. The lowest BCUT2D eigenvalue weighted by atomic mass is 9.88. The van der Waals surface area contributed by atoms with Gasteiger partial charge in [0.15, 0.2) is 6.29 Å². The van der Waals surface area contributed by atoms with Gasteiger partial charge in [-0.15, -0.1) is 0 Å². The molecule has 3 nitrogen and oxygen atoms in total. The number of allylic oxidation sites excluding steroid dienone is 5. The number of carbonyl (C=O) groups is 1. The molecule has 0 N–H and O–H groups in total. The molecule has 0 atom stereocenters. The molecule has 0 heterocycles. The number of rotatable bonds is 3. The van der Waals surface area contributed by atoms with E-state index in [0.717, 1.165) is 38.8 Å². The van der Waals surface area contributed by atoms with Crippen molar-refractivity contribution in [3.8, 4) is 5.75 Å². The number of hydrogen-bond donors (Lipinski definition) is 0. The van der Waals surface area contributed by atoms with Crippen LogP contribution in [-0.2, 0) is 9.59 Å². The van der Waals surface area contributed by atoms with Gasteiger partial charge in [0, 0.05) is 12.0 Å². The zero-order chi connectivity index (χ0) is 17.3. The standard InChI is InChI=1S/C21H18O3/c1-13-8-21(24-3)14(2)19-7-6-16(10-20(13)19)15-4-5-17(11-22)18(9-15)12-23/h4-8,10-11H,9H2,1-3H3. The molecule has 0 fully saturated rings. The Hall–Kier alpha value is -2.90. The van der Waals surface area contributed by atoms with Crippen LogP contribution < -0.4 is 4.74 Å². The molecule has 0 aliphatic heterocycles. The minimum absolute atomic E-state index is 0.408. The van der Waals surface area contributed by atoms with Crippen molar-refractivity contribution in [2.24, 2.45) is 0 Å². The molecule has 24 heavy (non-hydrogen) atoms. The third-order valence-electron chi connectivity index (χ3n) is 4.59. The summed E-state index contributed by atoms with van der Waals surface area (Å²) in [6.45, 7) is 4.11. The molecule has 2 aromatic rings. The summed E-state index contributed by atoms with van der Waals surface area (Å²) in [5.41, 5.74) is 5.12. The van der Waals surface area contributed by atoms with Crippen LogP contribution >= 0.6 is 0 Å². The van der Waals surface area contributed by atoms with Crippen molar-refractivity contribution in [2.75, 3.05) is 7.11 Å². The van der Waals surface area contributed by atoms with Gasteiger partial charge in [0.1, 0.15) is 11.7 Å². The third-order valence-corrected chi connectivity index (χ3v) is 4.59. The van der Waals surface area contributed by atoms with Gasteiger partial charge in [-0.1, -0.05) is 24.3 Å². The lowest BCUT2D eigenvalue weighted by Crippen LogP contribution is -2.00. The summed E-state index contributed by atoms with van der Waals surface area (Å²) in [4.78, 5) is 22.1. The first-order chi connectivity index (χ1) is 11.6. The molecule has 0 aromatic heterocycles. The summed E-state index contributed by atoms with van der Waals surface area (Å²) in [5.74, 6) is 2.77. The van der Waals surface area contributed by atoms with E-state index >= 15 is 0 Å². The molecule has 120 valence electrons. The van der Waals surface area contributed by atoms with Gasteiger partial charge >= 0.3 is 0 Å². The molecule has 0 unspecified atom stereocenters. The van der Waals surface area contributed by atoms with Crippen molar-refractivity contribution in [2.45, 2.75) is 20.3 Å². The Morgan fingerprint density at radius 3 is 2.58 bits per heavy atom. The average molecular weight is 318 g/mol. The predicted molar refractivity (Wildman–Crippen MR) is 95.9 cm³/mol. The van der Waals surface area contributed by atoms with E-state index in [1.54, 1.807) is 13.2 Å². The first-order valence-electron chi connectivity index (χ1n) is 7.77. The Morgan fingerprint density at radius 1 is 1.12 bits per heavy atom. The maximum Gasteiger partial charge on any atom is 0.151 e. The number of aldehydes is 1. The zero-order valence-corrected chi connectivity index (χ0v) is 14.0. The van der Waals surface area contributed by atoms with Gasteiger partial charge in [-0.3, -0.25) is 4.79 Å². The molecule has 0 bridgehead atoms. The second-order valence-corrected chi connectivity index (χ2v) is 5.97. The molecule has 0 saturated heterocycles. The summed E-state index contributed by atoms with van der Waals surface area (Å²) < 4.78 is 5.43. The Bertz CT molecular complexity index is 955. The summed E-state index contributed by atoms with van der Waals surface area (Å²) in [7, 11) is 1.68. The molecular formula is C21H18O3. The maximum absolute atomic E-state index is 11.1. The number of methoxy groups -OCH3 is 1. The van der Waals surface area contributed by atoms with Gasteiger partial charge in [-0.25, -0.2) is 4.79 Å². The van der Waals surface area contributed by atoms with Crippen LogP contribution in [0, 0.1) is 13.8 Å². The maximum atomic E-state index is 11.1. The van der Waals surface area contributed by atoms with Crippen LogP contribution in [0.25, 0.3) is 16.3 Å². The first kappa shape index (κ1) is 16.0. The Labute approximate surface area is 140 Å². The molecule has 0 spiro atoms. The van der Waals surface area contributed by atoms with Crippen LogP contribution in [0.1, 0.15) is 23.1 Å². The molecule has 3 rings (SSSR count). The van der Waals surface area contributed by atoms with Crippen molar-refractivity contribution in [1.29, 1.82) is 0 Å². The summed E-state index contributed by atoms with van der Waals surface area (Å²) >= 11 is 0. The SMILES string of the molecule is COc1cc(C)c2cc(C3=CC=C(C=O)C(=C=O)C3)ccc2c1C. The fourth-order valence-corrected chi connectivity index (χ4v) is 3.17. The van der Waals surface area contributed by atoms with Gasteiger partial charge in [0.25, 0.3) is 0 Å². The molecule has 1 aliphatic carbocycles. The van der Waals surface area contributed by atoms with Gasteiger partial charge in [0.2, 0.25) is 0 Å². The number of aryl methyl sites for hydroxylation is 2. The highest BCUT2D eigenvalue weighted by atomic mass is 16.5. The van der Waals surface area contributed by atoms with E-state index in [9.17, 15) is 9.59 Å². The predicted octanol–water partition coefficient (Wildman–Crippen LogP) is 4.14. The van der Waals surface area contributed by atoms with E-state index in [1.165, 1.54) is 0 Å². The number of hydrogen-bond acceptors (Lipinski definition) is 3. The number of benzene rings is 2. The lowest BCUT2D eigenvalue weighted by Gasteiger charge is -2.16. The van der Waals surface area contributed by atoms with Gasteiger partial charge in [-0.2, -0.15) is 0 Å². The Balaban J connectivity index is 2.14. The van der Waals surface area contributed by atoms with Crippen molar-refractivity contribution in [3.05, 3.63) is 64.3 Å². The van der Waals surface area contributed by atoms with Crippen LogP contribution in [0.2, 0.25) is 0 Å². The van der Waals surface area contributed by atoms with Crippen molar-refractivity contribution >= 4 is 28.6 Å². The van der Waals surface area contributed by atoms with Crippen LogP contribution in [0.3, 0.4) is 0 Å². The van der Waals surface area contributed by atoms with Crippen LogP contribution in [-0.4, -0.2) is 19.3 Å². The summed E-state index contributed by atoms with van der Waals surface area (Å²) in [6.07, 6.45) is 4.71. The van der Waals surface area contributed by atoms with Gasteiger partial charge in [0.05, 0.1) is 12.7 Å². The smallest absolute Gasteiger partial charge is 0.151 e. The lowest BCUT2D eigenvalue weighted by molar-refractivity contribution is -0.104. The highest BCUT2D eigenvalue weighted by Gasteiger charge is 2.15. The molecule has 2 aromatic carbocycles. The quantitative estimate of drug-likeness (QED) is 0.631. The van der Waals surface area contributed by atoms with E-state index < -0.39 is 0 Å². The van der Waals surface area contributed by atoms with E-state index in [-0.39, 0.29) is 0 Å². The van der Waals surface area contributed by atoms with Crippen LogP contribution in [0.4, 0.5) is 0 Å². The summed E-state index contributed by atoms with van der Waals surface area (Å²) in [5, 5.41) is 2.32. The highest BCUT2D eigenvalue weighted by Crippen LogP contribution is 2.35. The number of fused-ring (bicyclic) bond motifs is 1. The van der Waals surface area contributed by atoms with E-state index in [2.05, 4.69) is 19.1 Å². The molecule has 0 saturated carbocycles. The highest BCUT2D eigenvalue weighted by molar-refractivity contribution is 5.95. The van der Waals surface area contributed by atoms with Gasteiger partial charge in [-0.05, 0) is 59.0 Å². The van der Waals surface area contributed by atoms with Crippen molar-refractivity contribution < 1.29 is 14.3 Å².